The number of rotatable bonds is 7. The van der Waals surface area contributed by atoms with Gasteiger partial charge in [0.25, 0.3) is 7.28 Å². The molecular formula is C18H22BN4O2. The molecular weight excluding hydrogens is 315 g/mol. The predicted molar refractivity (Wildman–Crippen MR) is 101 cm³/mol. The van der Waals surface area contributed by atoms with Crippen LogP contribution in [0.1, 0.15) is 37.8 Å². The number of carbonyl (C=O) groups is 1. The zero-order valence-corrected chi connectivity index (χ0v) is 14.9. The zero-order chi connectivity index (χ0) is 18.2. The van der Waals surface area contributed by atoms with Gasteiger partial charge in [0, 0.05) is 18.2 Å². The van der Waals surface area contributed by atoms with Gasteiger partial charge in [0.05, 0.1) is 12.7 Å². The first kappa shape index (κ1) is 18.6. The number of aliphatic imine (C=N–C) groups is 1. The number of benzene rings is 1. The first-order valence-electron chi connectivity index (χ1n) is 8.19. The van der Waals surface area contributed by atoms with Gasteiger partial charge in [-0.15, -0.1) is 0 Å². The fraction of sp³-hybridized carbons (Fsp3) is 0.333. The van der Waals surface area contributed by atoms with Crippen LogP contribution in [0.25, 0.3) is 5.57 Å². The van der Waals surface area contributed by atoms with Crippen molar-refractivity contribution < 1.29 is 9.53 Å². The van der Waals surface area contributed by atoms with Crippen molar-refractivity contribution in [3.05, 3.63) is 48.1 Å². The molecule has 0 bridgehead atoms. The standard InChI is InChI=1S/C18H22BN4O2/c1-5-7-17(24)23(22-20-4)16-9-6-8-14(13(2)3)15(16)12-25-18-19-10-11-21-18/h6,8-11H,2,5,7,12H2,1,3-4H3. The Kier molecular flexibility index (Phi) is 6.68. The van der Waals surface area contributed by atoms with Crippen LogP contribution in [0.4, 0.5) is 5.69 Å². The maximum Gasteiger partial charge on any atom is 0.259 e. The highest BCUT2D eigenvalue weighted by Crippen LogP contribution is 2.30. The molecule has 1 aliphatic heterocycles. The molecule has 0 N–H and O–H groups in total. The zero-order valence-electron chi connectivity index (χ0n) is 14.9. The molecule has 1 radical (unpaired) electrons. The number of allylic oxidation sites excluding steroid dienone is 1. The van der Waals surface area contributed by atoms with Gasteiger partial charge < -0.3 is 4.74 Å². The fourth-order valence-electron chi connectivity index (χ4n) is 2.48. The summed E-state index contributed by atoms with van der Waals surface area (Å²) in [6.07, 6.45) is 2.79. The summed E-state index contributed by atoms with van der Waals surface area (Å²) in [4.78, 5) is 16.6. The van der Waals surface area contributed by atoms with Crippen LogP contribution in [0.5, 0.6) is 0 Å². The van der Waals surface area contributed by atoms with E-state index in [1.54, 1.807) is 20.5 Å². The van der Waals surface area contributed by atoms with Gasteiger partial charge in [-0.1, -0.05) is 42.4 Å². The topological polar surface area (TPSA) is 66.6 Å². The van der Waals surface area contributed by atoms with Crippen LogP contribution in [0.15, 0.2) is 52.3 Å². The molecule has 7 heteroatoms. The molecule has 1 aromatic rings. The van der Waals surface area contributed by atoms with E-state index in [1.165, 1.54) is 5.01 Å². The van der Waals surface area contributed by atoms with E-state index in [0.29, 0.717) is 17.9 Å². The first-order chi connectivity index (χ1) is 12.1. The van der Waals surface area contributed by atoms with Crippen LogP contribution in [0.3, 0.4) is 0 Å². The summed E-state index contributed by atoms with van der Waals surface area (Å²) >= 11 is 0. The third-order valence-corrected chi connectivity index (χ3v) is 3.61. The summed E-state index contributed by atoms with van der Waals surface area (Å²) < 4.78 is 5.77. The molecule has 0 aromatic heterocycles. The normalized spacial score (nSPS) is 12.8. The van der Waals surface area contributed by atoms with Crippen molar-refractivity contribution in [2.24, 2.45) is 15.3 Å². The average molecular weight is 337 g/mol. The Morgan fingerprint density at radius 2 is 2.24 bits per heavy atom. The maximum atomic E-state index is 12.5. The van der Waals surface area contributed by atoms with Crippen LogP contribution in [0, 0.1) is 0 Å². The van der Waals surface area contributed by atoms with E-state index in [9.17, 15) is 4.79 Å². The van der Waals surface area contributed by atoms with Crippen molar-refractivity contribution in [1.82, 2.24) is 0 Å². The van der Waals surface area contributed by atoms with E-state index in [1.807, 2.05) is 38.0 Å². The molecule has 6 nitrogen and oxygen atoms in total. The van der Waals surface area contributed by atoms with Crippen LogP contribution < -0.4 is 5.01 Å². The van der Waals surface area contributed by atoms with Crippen molar-refractivity contribution in [3.63, 3.8) is 0 Å². The largest absolute Gasteiger partial charge is 0.485 e. The lowest BCUT2D eigenvalue weighted by atomic mass is 9.80. The summed E-state index contributed by atoms with van der Waals surface area (Å²) in [5, 5.41) is 9.16. The van der Waals surface area contributed by atoms with E-state index in [2.05, 4.69) is 21.9 Å². The molecule has 1 aromatic carbocycles. The molecule has 0 fully saturated rings. The lowest BCUT2D eigenvalue weighted by Crippen LogP contribution is -2.26. The minimum absolute atomic E-state index is 0.111. The number of amides is 1. The fourth-order valence-corrected chi connectivity index (χ4v) is 2.48. The van der Waals surface area contributed by atoms with Gasteiger partial charge in [-0.3, -0.25) is 4.79 Å². The summed E-state index contributed by atoms with van der Waals surface area (Å²) in [7, 11) is 3.33. The van der Waals surface area contributed by atoms with Crippen molar-refractivity contribution >= 4 is 30.2 Å². The number of nitrogens with zero attached hydrogens (tertiary/aromatic N) is 4. The molecule has 0 saturated heterocycles. The van der Waals surface area contributed by atoms with Gasteiger partial charge in [-0.25, -0.2) is 4.99 Å². The second-order valence-corrected chi connectivity index (χ2v) is 5.59. The van der Waals surface area contributed by atoms with Crippen molar-refractivity contribution in [3.8, 4) is 0 Å². The summed E-state index contributed by atoms with van der Waals surface area (Å²) in [6.45, 7) is 8.16. The Labute approximate surface area is 149 Å². The van der Waals surface area contributed by atoms with E-state index in [0.717, 1.165) is 23.1 Å². The van der Waals surface area contributed by atoms with Crippen LogP contribution >= 0.6 is 0 Å². The minimum atomic E-state index is -0.111. The van der Waals surface area contributed by atoms with Gasteiger partial charge in [-0.05, 0) is 25.0 Å². The Bertz CT molecular complexity index is 741. The molecule has 0 spiro atoms. The van der Waals surface area contributed by atoms with Crippen LogP contribution in [0.2, 0.25) is 0 Å². The molecule has 2 rings (SSSR count). The summed E-state index contributed by atoms with van der Waals surface area (Å²) in [6, 6.07) is 5.67. The minimum Gasteiger partial charge on any atom is -0.485 e. The van der Waals surface area contributed by atoms with Gasteiger partial charge >= 0.3 is 0 Å². The number of ether oxygens (including phenoxy) is 1. The number of carbonyl (C=O) groups excluding carboxylic acids is 1. The van der Waals surface area contributed by atoms with Crippen molar-refractivity contribution in [2.75, 3.05) is 12.1 Å². The van der Waals surface area contributed by atoms with Crippen molar-refractivity contribution in [2.45, 2.75) is 33.3 Å². The maximum absolute atomic E-state index is 12.5. The van der Waals surface area contributed by atoms with E-state index < -0.39 is 0 Å². The van der Waals surface area contributed by atoms with E-state index in [4.69, 9.17) is 4.74 Å². The third kappa shape index (κ3) is 4.65. The molecule has 0 unspecified atom stereocenters. The highest BCUT2D eigenvalue weighted by atomic mass is 16.5. The lowest BCUT2D eigenvalue weighted by molar-refractivity contribution is -0.118. The van der Waals surface area contributed by atoms with Gasteiger partial charge in [0.1, 0.15) is 12.4 Å². The second kappa shape index (κ2) is 8.96. The van der Waals surface area contributed by atoms with Gasteiger partial charge in [-0.2, -0.15) is 10.1 Å². The molecule has 1 aliphatic rings. The monoisotopic (exact) mass is 337 g/mol. The number of hydrogen-bond donors (Lipinski definition) is 0. The lowest BCUT2D eigenvalue weighted by Gasteiger charge is -2.22. The Balaban J connectivity index is 2.41. The summed E-state index contributed by atoms with van der Waals surface area (Å²) in [5.41, 5.74) is 3.28. The smallest absolute Gasteiger partial charge is 0.259 e. The molecule has 25 heavy (non-hydrogen) atoms. The second-order valence-electron chi connectivity index (χ2n) is 5.59. The molecule has 1 amide bonds. The first-order valence-corrected chi connectivity index (χ1v) is 8.19. The van der Waals surface area contributed by atoms with Crippen LogP contribution in [-0.4, -0.2) is 26.0 Å². The van der Waals surface area contributed by atoms with E-state index in [-0.39, 0.29) is 12.5 Å². The SMILES string of the molecule is C=C(C)c1cccc(N(N=NC)C(=O)CCC)c1COC1=NC=C[B]1. The highest BCUT2D eigenvalue weighted by molar-refractivity contribution is 6.78. The molecule has 1 heterocycles. The average Bonchev–Trinajstić information content (AvgIpc) is 3.11. The van der Waals surface area contributed by atoms with Gasteiger partial charge in [0.15, 0.2) is 0 Å². The molecule has 129 valence electrons. The Morgan fingerprint density at radius 1 is 1.44 bits per heavy atom. The number of hydrogen-bond acceptors (Lipinski definition) is 5. The van der Waals surface area contributed by atoms with Crippen LogP contribution in [-0.2, 0) is 16.1 Å². The van der Waals surface area contributed by atoms with E-state index >= 15 is 0 Å². The van der Waals surface area contributed by atoms with Gasteiger partial charge in [0.2, 0.25) is 5.91 Å². The predicted octanol–water partition coefficient (Wildman–Crippen LogP) is 3.91. The quantitative estimate of drug-likeness (QED) is 0.430. The Morgan fingerprint density at radius 3 is 2.84 bits per heavy atom. The molecule has 0 atom stereocenters. The van der Waals surface area contributed by atoms with Crippen molar-refractivity contribution in [1.29, 1.82) is 0 Å². The Hall–Kier alpha value is -2.70. The molecule has 0 saturated carbocycles. The number of anilines is 1. The molecule has 0 aliphatic carbocycles. The highest BCUT2D eigenvalue weighted by Gasteiger charge is 2.21. The summed E-state index contributed by atoms with van der Waals surface area (Å²) in [5.74, 6) is 2.23. The third-order valence-electron chi connectivity index (χ3n) is 3.61.